The van der Waals surface area contributed by atoms with Crippen LogP contribution < -0.4 is 0 Å². The standard InChI is InChI=1S/C13H17N/c1-10(2)14-7-6-12-5-4-11(3)8-13(12)9-14/h4-8,10H,9H2,1-3H3. The van der Waals surface area contributed by atoms with Crippen LogP contribution in [0.4, 0.5) is 0 Å². The third-order valence-corrected chi connectivity index (χ3v) is 2.76. The maximum atomic E-state index is 2.36. The van der Waals surface area contributed by atoms with Gasteiger partial charge >= 0.3 is 0 Å². The number of hydrogen-bond acceptors (Lipinski definition) is 1. The van der Waals surface area contributed by atoms with Crippen LogP contribution in [0, 0.1) is 6.92 Å². The van der Waals surface area contributed by atoms with Crippen LogP contribution in [0.3, 0.4) is 0 Å². The molecule has 0 fully saturated rings. The second-order valence-electron chi connectivity index (χ2n) is 4.28. The molecule has 0 atom stereocenters. The summed E-state index contributed by atoms with van der Waals surface area (Å²) in [5.74, 6) is 0. The summed E-state index contributed by atoms with van der Waals surface area (Å²) in [7, 11) is 0. The highest BCUT2D eigenvalue weighted by atomic mass is 15.1. The number of nitrogens with zero attached hydrogens (tertiary/aromatic N) is 1. The fraction of sp³-hybridized carbons (Fsp3) is 0.385. The first kappa shape index (κ1) is 9.32. The molecule has 1 aromatic carbocycles. The molecule has 1 aromatic rings. The van der Waals surface area contributed by atoms with Crippen molar-refractivity contribution in [2.75, 3.05) is 0 Å². The lowest BCUT2D eigenvalue weighted by atomic mass is 10.0. The lowest BCUT2D eigenvalue weighted by Crippen LogP contribution is -2.26. The summed E-state index contributed by atoms with van der Waals surface area (Å²) in [6, 6.07) is 7.25. The van der Waals surface area contributed by atoms with E-state index in [1.165, 1.54) is 16.7 Å². The van der Waals surface area contributed by atoms with Crippen LogP contribution in [-0.2, 0) is 6.54 Å². The van der Waals surface area contributed by atoms with Gasteiger partial charge < -0.3 is 4.90 Å². The molecular weight excluding hydrogens is 170 g/mol. The zero-order valence-electron chi connectivity index (χ0n) is 9.12. The zero-order chi connectivity index (χ0) is 10.1. The number of hydrogen-bond donors (Lipinski definition) is 0. The molecule has 0 saturated heterocycles. The van der Waals surface area contributed by atoms with Gasteiger partial charge in [-0.15, -0.1) is 0 Å². The highest BCUT2D eigenvalue weighted by Crippen LogP contribution is 2.21. The van der Waals surface area contributed by atoms with E-state index in [9.17, 15) is 0 Å². The van der Waals surface area contributed by atoms with E-state index in [2.05, 4.69) is 56.1 Å². The summed E-state index contributed by atoms with van der Waals surface area (Å²) in [4.78, 5) is 2.36. The van der Waals surface area contributed by atoms with E-state index in [4.69, 9.17) is 0 Å². The minimum atomic E-state index is 0.583. The Bertz CT molecular complexity index is 363. The van der Waals surface area contributed by atoms with Crippen LogP contribution in [0.2, 0.25) is 0 Å². The van der Waals surface area contributed by atoms with Gasteiger partial charge in [0.15, 0.2) is 0 Å². The number of benzene rings is 1. The molecule has 2 rings (SSSR count). The third kappa shape index (κ3) is 1.67. The molecule has 1 aliphatic heterocycles. The smallest absolute Gasteiger partial charge is 0.0432 e. The van der Waals surface area contributed by atoms with Crippen molar-refractivity contribution in [3.05, 3.63) is 41.1 Å². The average Bonchev–Trinajstić information content (AvgIpc) is 2.16. The van der Waals surface area contributed by atoms with Gasteiger partial charge in [0, 0.05) is 18.8 Å². The quantitative estimate of drug-likeness (QED) is 0.652. The van der Waals surface area contributed by atoms with Gasteiger partial charge in [0.2, 0.25) is 0 Å². The van der Waals surface area contributed by atoms with E-state index >= 15 is 0 Å². The van der Waals surface area contributed by atoms with Gasteiger partial charge in [-0.3, -0.25) is 0 Å². The van der Waals surface area contributed by atoms with E-state index in [0.717, 1.165) is 6.54 Å². The summed E-state index contributed by atoms with van der Waals surface area (Å²) in [5.41, 5.74) is 4.16. The largest absolute Gasteiger partial charge is 0.371 e. The lowest BCUT2D eigenvalue weighted by molar-refractivity contribution is 0.302. The van der Waals surface area contributed by atoms with Gasteiger partial charge in [-0.05, 0) is 38.0 Å². The first-order chi connectivity index (χ1) is 6.66. The van der Waals surface area contributed by atoms with Crippen molar-refractivity contribution in [3.63, 3.8) is 0 Å². The van der Waals surface area contributed by atoms with Crippen LogP contribution in [0.1, 0.15) is 30.5 Å². The molecule has 0 radical (unpaired) electrons. The van der Waals surface area contributed by atoms with E-state index in [0.29, 0.717) is 6.04 Å². The molecule has 74 valence electrons. The van der Waals surface area contributed by atoms with Crippen molar-refractivity contribution < 1.29 is 0 Å². The molecule has 0 N–H and O–H groups in total. The zero-order valence-corrected chi connectivity index (χ0v) is 9.12. The maximum Gasteiger partial charge on any atom is 0.0432 e. The van der Waals surface area contributed by atoms with Crippen LogP contribution in [0.15, 0.2) is 24.4 Å². The maximum absolute atomic E-state index is 2.36. The SMILES string of the molecule is Cc1ccc2c(c1)CN(C(C)C)C=C2. The average molecular weight is 187 g/mol. The second-order valence-corrected chi connectivity index (χ2v) is 4.28. The molecule has 0 aromatic heterocycles. The summed E-state index contributed by atoms with van der Waals surface area (Å²) < 4.78 is 0. The van der Waals surface area contributed by atoms with Crippen molar-refractivity contribution in [1.82, 2.24) is 4.90 Å². The predicted molar refractivity (Wildman–Crippen MR) is 60.9 cm³/mol. The number of rotatable bonds is 1. The Morgan fingerprint density at radius 3 is 2.79 bits per heavy atom. The molecule has 0 bridgehead atoms. The Morgan fingerprint density at radius 2 is 2.07 bits per heavy atom. The second kappa shape index (κ2) is 3.49. The molecule has 14 heavy (non-hydrogen) atoms. The van der Waals surface area contributed by atoms with Crippen LogP contribution in [0.25, 0.3) is 6.08 Å². The van der Waals surface area contributed by atoms with Crippen molar-refractivity contribution in [2.45, 2.75) is 33.4 Å². The summed E-state index contributed by atoms with van der Waals surface area (Å²) >= 11 is 0. The number of fused-ring (bicyclic) bond motifs is 1. The summed E-state index contributed by atoms with van der Waals surface area (Å²) in [5, 5.41) is 0. The lowest BCUT2D eigenvalue weighted by Gasteiger charge is -2.29. The molecule has 1 heterocycles. The van der Waals surface area contributed by atoms with Crippen LogP contribution >= 0.6 is 0 Å². The van der Waals surface area contributed by atoms with Crippen LogP contribution in [-0.4, -0.2) is 10.9 Å². The Kier molecular flexibility index (Phi) is 2.32. The van der Waals surface area contributed by atoms with E-state index in [1.54, 1.807) is 0 Å². The molecule has 0 saturated carbocycles. The molecule has 1 nitrogen and oxygen atoms in total. The Hall–Kier alpha value is -1.24. The summed E-state index contributed by atoms with van der Waals surface area (Å²) in [6.07, 6.45) is 4.40. The first-order valence-corrected chi connectivity index (χ1v) is 5.20. The fourth-order valence-electron chi connectivity index (χ4n) is 1.81. The van der Waals surface area contributed by atoms with Crippen molar-refractivity contribution in [3.8, 4) is 0 Å². The van der Waals surface area contributed by atoms with E-state index in [1.807, 2.05) is 0 Å². The van der Waals surface area contributed by atoms with Gasteiger partial charge in [-0.1, -0.05) is 23.8 Å². The predicted octanol–water partition coefficient (Wildman–Crippen LogP) is 3.19. The third-order valence-electron chi connectivity index (χ3n) is 2.76. The topological polar surface area (TPSA) is 3.24 Å². The van der Waals surface area contributed by atoms with Gasteiger partial charge in [0.25, 0.3) is 0 Å². The Labute approximate surface area is 86.1 Å². The highest BCUT2D eigenvalue weighted by molar-refractivity contribution is 5.56. The summed E-state index contributed by atoms with van der Waals surface area (Å²) in [6.45, 7) is 7.65. The Morgan fingerprint density at radius 1 is 1.29 bits per heavy atom. The molecule has 1 aliphatic rings. The van der Waals surface area contributed by atoms with Crippen LogP contribution in [0.5, 0.6) is 0 Å². The molecular formula is C13H17N. The number of aryl methyl sites for hydroxylation is 1. The minimum Gasteiger partial charge on any atom is -0.371 e. The fourth-order valence-corrected chi connectivity index (χ4v) is 1.81. The van der Waals surface area contributed by atoms with Gasteiger partial charge in [0.1, 0.15) is 0 Å². The minimum absolute atomic E-state index is 0.583. The van der Waals surface area contributed by atoms with Crippen molar-refractivity contribution in [1.29, 1.82) is 0 Å². The van der Waals surface area contributed by atoms with E-state index in [-0.39, 0.29) is 0 Å². The van der Waals surface area contributed by atoms with Crippen molar-refractivity contribution in [2.24, 2.45) is 0 Å². The Balaban J connectivity index is 2.32. The molecule has 0 amide bonds. The monoisotopic (exact) mass is 187 g/mol. The first-order valence-electron chi connectivity index (χ1n) is 5.20. The molecule has 0 unspecified atom stereocenters. The van der Waals surface area contributed by atoms with Gasteiger partial charge in [0.05, 0.1) is 0 Å². The van der Waals surface area contributed by atoms with Crippen molar-refractivity contribution >= 4 is 6.08 Å². The van der Waals surface area contributed by atoms with E-state index < -0.39 is 0 Å². The van der Waals surface area contributed by atoms with Gasteiger partial charge in [-0.25, -0.2) is 0 Å². The molecule has 1 heteroatoms. The van der Waals surface area contributed by atoms with Gasteiger partial charge in [-0.2, -0.15) is 0 Å². The molecule has 0 aliphatic carbocycles. The molecule has 0 spiro atoms. The normalized spacial score (nSPS) is 14.7. The highest BCUT2D eigenvalue weighted by Gasteiger charge is 2.12.